The predicted molar refractivity (Wildman–Crippen MR) is 153 cm³/mol. The van der Waals surface area contributed by atoms with Gasteiger partial charge in [-0.3, -0.25) is 4.79 Å². The van der Waals surface area contributed by atoms with Gasteiger partial charge in [0.05, 0.1) is 29.9 Å². The van der Waals surface area contributed by atoms with Crippen LogP contribution < -0.4 is 5.32 Å². The molecule has 0 saturated carbocycles. The Balaban J connectivity index is 1.56. The fourth-order valence-electron chi connectivity index (χ4n) is 4.90. The van der Waals surface area contributed by atoms with Gasteiger partial charge in [0.25, 0.3) is 0 Å². The molecule has 0 bridgehead atoms. The van der Waals surface area contributed by atoms with Gasteiger partial charge < -0.3 is 20.2 Å². The number of likely N-dealkylation sites (N-methyl/N-ethyl adjacent to an activating group) is 1. The molecular formula is C29H39N5O4S. The maximum absolute atomic E-state index is 13.7. The largest absolute Gasteiger partial charge is 0.390 e. The Morgan fingerprint density at radius 1 is 1.03 bits per heavy atom. The SMILES string of the molecule is CCCc1ccc(CNC(=O)[C@H]2CN(C3=NC=C(CO)N(C)C3)CCN2S(=O)(=O)c2ccc(CC)cc2)cc1. The Morgan fingerprint density at radius 3 is 2.31 bits per heavy atom. The molecule has 4 rings (SSSR count). The number of hydrogen-bond donors (Lipinski definition) is 2. The van der Waals surface area contributed by atoms with Gasteiger partial charge in [0.2, 0.25) is 15.9 Å². The van der Waals surface area contributed by atoms with Crippen LogP contribution in [0.4, 0.5) is 0 Å². The molecule has 1 atom stereocenters. The lowest BCUT2D eigenvalue weighted by atomic mass is 10.1. The van der Waals surface area contributed by atoms with Crippen LogP contribution >= 0.6 is 0 Å². The summed E-state index contributed by atoms with van der Waals surface area (Å²) in [6.07, 6.45) is 4.50. The highest BCUT2D eigenvalue weighted by Crippen LogP contribution is 2.24. The number of aliphatic imine (C=N–C) groups is 1. The summed E-state index contributed by atoms with van der Waals surface area (Å²) < 4.78 is 28.8. The van der Waals surface area contributed by atoms with Crippen molar-refractivity contribution in [1.29, 1.82) is 0 Å². The van der Waals surface area contributed by atoms with Gasteiger partial charge in [-0.15, -0.1) is 0 Å². The van der Waals surface area contributed by atoms with Crippen molar-refractivity contribution in [3.63, 3.8) is 0 Å². The summed E-state index contributed by atoms with van der Waals surface area (Å²) in [7, 11) is -2.03. The summed E-state index contributed by atoms with van der Waals surface area (Å²) in [6, 6.07) is 14.1. The Labute approximate surface area is 231 Å². The molecule has 2 aliphatic rings. The summed E-state index contributed by atoms with van der Waals surface area (Å²) in [5, 5.41) is 12.5. The van der Waals surface area contributed by atoms with Gasteiger partial charge in [-0.2, -0.15) is 4.31 Å². The van der Waals surface area contributed by atoms with Crippen molar-refractivity contribution >= 4 is 21.8 Å². The minimum absolute atomic E-state index is 0.111. The second-order valence-electron chi connectivity index (χ2n) is 10.0. The highest BCUT2D eigenvalue weighted by molar-refractivity contribution is 7.89. The molecule has 9 nitrogen and oxygen atoms in total. The maximum atomic E-state index is 13.7. The van der Waals surface area contributed by atoms with E-state index in [1.807, 2.05) is 48.0 Å². The third kappa shape index (κ3) is 6.69. The molecule has 1 fully saturated rings. The molecule has 39 heavy (non-hydrogen) atoms. The van der Waals surface area contributed by atoms with Crippen LogP contribution in [0, 0.1) is 0 Å². The minimum Gasteiger partial charge on any atom is -0.390 e. The number of aliphatic hydroxyl groups is 1. The number of nitrogens with one attached hydrogen (secondary N) is 1. The number of carbonyl (C=O) groups is 1. The normalized spacial score (nSPS) is 18.5. The number of sulfonamides is 1. The quantitative estimate of drug-likeness (QED) is 0.494. The number of rotatable bonds is 9. The first-order chi connectivity index (χ1) is 18.8. The zero-order valence-electron chi connectivity index (χ0n) is 23.0. The van der Waals surface area contributed by atoms with E-state index in [0.717, 1.165) is 36.2 Å². The van der Waals surface area contributed by atoms with E-state index in [2.05, 4.69) is 29.4 Å². The Kier molecular flexibility index (Phi) is 9.42. The standard InChI is InChI=1S/C29H39N5O4S/c1-4-6-23-7-9-24(10-8-23)17-31-29(36)27-19-33(28-20-32(3)25(21-35)18-30-28)15-16-34(27)39(37,38)26-13-11-22(5-2)12-14-26/h7-14,18,27,35H,4-6,15-17,19-21H2,1-3H3,(H,31,36)/t27-/m1/s1. The summed E-state index contributed by atoms with van der Waals surface area (Å²) in [6.45, 7) is 5.57. The zero-order valence-corrected chi connectivity index (χ0v) is 23.8. The second-order valence-corrected chi connectivity index (χ2v) is 11.9. The van der Waals surface area contributed by atoms with E-state index in [1.165, 1.54) is 9.87 Å². The summed E-state index contributed by atoms with van der Waals surface area (Å²) in [5.41, 5.74) is 3.96. The summed E-state index contributed by atoms with van der Waals surface area (Å²) in [4.78, 5) is 22.1. The average Bonchev–Trinajstić information content (AvgIpc) is 2.96. The van der Waals surface area contributed by atoms with Crippen LogP contribution in [0.25, 0.3) is 0 Å². The first-order valence-corrected chi connectivity index (χ1v) is 15.0. The molecule has 2 aromatic rings. The van der Waals surface area contributed by atoms with Gasteiger partial charge in [-0.25, -0.2) is 13.4 Å². The van der Waals surface area contributed by atoms with Crippen LogP contribution in [-0.4, -0.2) is 85.2 Å². The molecule has 0 aromatic heterocycles. The van der Waals surface area contributed by atoms with E-state index in [9.17, 15) is 18.3 Å². The smallest absolute Gasteiger partial charge is 0.243 e. The van der Waals surface area contributed by atoms with Crippen molar-refractivity contribution < 1.29 is 18.3 Å². The fourth-order valence-corrected chi connectivity index (χ4v) is 6.47. The minimum atomic E-state index is -3.90. The van der Waals surface area contributed by atoms with Crippen LogP contribution in [-0.2, 0) is 34.2 Å². The third-order valence-electron chi connectivity index (χ3n) is 7.36. The van der Waals surface area contributed by atoms with Crippen molar-refractivity contribution in [1.82, 2.24) is 19.4 Å². The Morgan fingerprint density at radius 2 is 1.69 bits per heavy atom. The molecule has 2 N–H and O–H groups in total. The van der Waals surface area contributed by atoms with Crippen LogP contribution in [0.3, 0.4) is 0 Å². The van der Waals surface area contributed by atoms with Crippen molar-refractivity contribution in [3.8, 4) is 0 Å². The number of amidine groups is 1. The van der Waals surface area contributed by atoms with Gasteiger partial charge in [-0.05, 0) is 41.7 Å². The second kappa shape index (κ2) is 12.8. The summed E-state index contributed by atoms with van der Waals surface area (Å²) >= 11 is 0. The number of aryl methyl sites for hydroxylation is 2. The molecule has 2 aromatic carbocycles. The molecule has 2 heterocycles. The van der Waals surface area contributed by atoms with Gasteiger partial charge in [0, 0.05) is 33.2 Å². The Bertz CT molecular complexity index is 1310. The molecule has 2 aliphatic heterocycles. The van der Waals surface area contributed by atoms with Crippen molar-refractivity contribution in [2.75, 3.05) is 39.8 Å². The van der Waals surface area contributed by atoms with Gasteiger partial charge >= 0.3 is 0 Å². The molecule has 1 saturated heterocycles. The highest BCUT2D eigenvalue weighted by Gasteiger charge is 2.41. The topological polar surface area (TPSA) is 106 Å². The molecule has 0 aliphatic carbocycles. The molecule has 0 unspecified atom stereocenters. The van der Waals surface area contributed by atoms with Crippen LogP contribution in [0.15, 0.2) is 70.3 Å². The van der Waals surface area contributed by atoms with E-state index < -0.39 is 16.1 Å². The Hall–Kier alpha value is -3.21. The van der Waals surface area contributed by atoms with E-state index in [4.69, 9.17) is 0 Å². The number of carbonyl (C=O) groups excluding carboxylic acids is 1. The van der Waals surface area contributed by atoms with E-state index >= 15 is 0 Å². The average molecular weight is 554 g/mol. The van der Waals surface area contributed by atoms with Crippen molar-refractivity contribution in [2.24, 2.45) is 4.99 Å². The molecule has 210 valence electrons. The van der Waals surface area contributed by atoms with E-state index in [1.54, 1.807) is 18.3 Å². The predicted octanol–water partition coefficient (Wildman–Crippen LogP) is 2.37. The van der Waals surface area contributed by atoms with Gasteiger partial charge in [0.1, 0.15) is 11.9 Å². The lowest BCUT2D eigenvalue weighted by molar-refractivity contribution is -0.126. The van der Waals surface area contributed by atoms with E-state index in [-0.39, 0.29) is 30.5 Å². The third-order valence-corrected chi connectivity index (χ3v) is 9.28. The number of hydrogen-bond acceptors (Lipinski definition) is 7. The lowest BCUT2D eigenvalue weighted by Gasteiger charge is -2.42. The van der Waals surface area contributed by atoms with E-state index in [0.29, 0.717) is 25.3 Å². The molecular weight excluding hydrogens is 514 g/mol. The zero-order chi connectivity index (χ0) is 28.0. The number of benzene rings is 2. The maximum Gasteiger partial charge on any atom is 0.243 e. The summed E-state index contributed by atoms with van der Waals surface area (Å²) in [5.74, 6) is 0.394. The fraction of sp³-hybridized carbons (Fsp3) is 0.448. The highest BCUT2D eigenvalue weighted by atomic mass is 32.2. The number of nitrogens with zero attached hydrogens (tertiary/aromatic N) is 4. The first kappa shape index (κ1) is 28.8. The number of piperazine rings is 1. The first-order valence-electron chi connectivity index (χ1n) is 13.6. The number of amides is 1. The molecule has 0 spiro atoms. The van der Waals surface area contributed by atoms with Crippen LogP contribution in [0.2, 0.25) is 0 Å². The van der Waals surface area contributed by atoms with Crippen molar-refractivity contribution in [3.05, 3.63) is 77.1 Å². The monoisotopic (exact) mass is 553 g/mol. The van der Waals surface area contributed by atoms with Gasteiger partial charge in [0.15, 0.2) is 0 Å². The van der Waals surface area contributed by atoms with Crippen LogP contribution in [0.1, 0.15) is 37.0 Å². The molecule has 0 radical (unpaired) electrons. The molecule has 1 amide bonds. The lowest BCUT2D eigenvalue weighted by Crippen LogP contribution is -2.62. The molecule has 10 heteroatoms. The van der Waals surface area contributed by atoms with Crippen molar-refractivity contribution in [2.45, 2.75) is 50.6 Å². The van der Waals surface area contributed by atoms with Crippen LogP contribution in [0.5, 0.6) is 0 Å². The number of aliphatic hydroxyl groups excluding tert-OH is 1. The van der Waals surface area contributed by atoms with Gasteiger partial charge in [-0.1, -0.05) is 56.7 Å².